The number of epoxide rings is 1. The normalized spacial score (nSPS) is 16.9. The fourth-order valence-corrected chi connectivity index (χ4v) is 4.36. The summed E-state index contributed by atoms with van der Waals surface area (Å²) < 4.78 is 17.3. The van der Waals surface area contributed by atoms with Crippen LogP contribution < -0.4 is 0 Å². The molecule has 0 aliphatic carbocycles. The minimum Gasteiger partial charge on any atom is -0.417 e. The first-order chi connectivity index (χ1) is 13.1. The van der Waals surface area contributed by atoms with Gasteiger partial charge in [-0.05, 0) is 74.8 Å². The first kappa shape index (κ1) is 32.2. The summed E-state index contributed by atoms with van der Waals surface area (Å²) in [7, 11) is -2.99. The van der Waals surface area contributed by atoms with Crippen LogP contribution in [0.25, 0.3) is 0 Å². The van der Waals surface area contributed by atoms with Crippen LogP contribution in [0.3, 0.4) is 0 Å². The Bertz CT molecular complexity index is 444. The van der Waals surface area contributed by atoms with E-state index in [4.69, 9.17) is 13.6 Å². The lowest BCUT2D eigenvalue weighted by atomic mass is 10.2. The van der Waals surface area contributed by atoms with Crippen LogP contribution in [-0.2, 0) is 13.6 Å². The van der Waals surface area contributed by atoms with Crippen molar-refractivity contribution in [3.63, 3.8) is 0 Å². The van der Waals surface area contributed by atoms with Crippen LogP contribution in [0.2, 0.25) is 36.3 Å². The third-order valence-corrected chi connectivity index (χ3v) is 15.7. The molecule has 0 spiro atoms. The maximum Gasteiger partial charge on any atom is 0.191 e. The van der Waals surface area contributed by atoms with E-state index in [1.165, 1.54) is 32.1 Å². The Morgan fingerprint density at radius 3 is 1.57 bits per heavy atom. The molecule has 0 saturated carbocycles. The van der Waals surface area contributed by atoms with Gasteiger partial charge in [0.2, 0.25) is 0 Å². The molecule has 0 aromatic heterocycles. The van der Waals surface area contributed by atoms with Crippen molar-refractivity contribution in [1.82, 2.24) is 0 Å². The van der Waals surface area contributed by atoms with Gasteiger partial charge in [0.1, 0.15) is 0 Å². The number of ether oxygens (including phenoxy) is 1. The van der Waals surface area contributed by atoms with Crippen LogP contribution in [-0.4, -0.2) is 42.6 Å². The first-order valence-electron chi connectivity index (χ1n) is 11.6. The van der Waals surface area contributed by atoms with E-state index in [0.717, 1.165) is 26.2 Å². The molecule has 1 fully saturated rings. The van der Waals surface area contributed by atoms with Crippen LogP contribution in [0.1, 0.15) is 87.5 Å². The minimum atomic E-state index is -1.50. The molecule has 0 amide bonds. The van der Waals surface area contributed by atoms with Gasteiger partial charge in [-0.3, -0.25) is 0 Å². The molecule has 0 aromatic carbocycles. The lowest BCUT2D eigenvalue weighted by Crippen LogP contribution is -2.40. The summed E-state index contributed by atoms with van der Waals surface area (Å²) in [4.78, 5) is 0. The maximum atomic E-state index is 6.09. The molecule has 0 unspecified atom stereocenters. The molecule has 30 heavy (non-hydrogen) atoms. The van der Waals surface area contributed by atoms with Gasteiger partial charge in [-0.2, -0.15) is 0 Å². The molecule has 0 N–H and O–H groups in total. The molecule has 5 heteroatoms. The van der Waals surface area contributed by atoms with Crippen molar-refractivity contribution in [2.45, 2.75) is 130 Å². The Morgan fingerprint density at radius 2 is 1.23 bits per heavy atom. The summed E-state index contributed by atoms with van der Waals surface area (Å²) in [5.74, 6) is 0. The number of rotatable bonds is 12. The van der Waals surface area contributed by atoms with Crippen LogP contribution in [0.15, 0.2) is 12.7 Å². The van der Waals surface area contributed by atoms with Crippen molar-refractivity contribution in [2.24, 2.45) is 0 Å². The zero-order valence-corrected chi connectivity index (χ0v) is 23.5. The molecular formula is C25H56O3Si2. The number of hydrogen-bond donors (Lipinski definition) is 0. The second-order valence-corrected chi connectivity index (χ2v) is 21.1. The van der Waals surface area contributed by atoms with E-state index >= 15 is 0 Å². The lowest BCUT2D eigenvalue weighted by Gasteiger charge is -2.36. The van der Waals surface area contributed by atoms with Gasteiger partial charge in [-0.25, -0.2) is 0 Å². The van der Waals surface area contributed by atoms with E-state index in [-0.39, 0.29) is 7.43 Å². The fraction of sp³-hybridized carbons (Fsp3) is 0.920. The standard InChI is InChI=1S/C12H26O2Si.C12H26OSi.CH4/c1-12(2,3)15(4,5)14-9-7-6-8-11-10-13-11;1-7-8-9-10-11-13-14(5,6)12(2,3)4;/h11H,6-10H2,1-5H3;7H,1,8-11H2,2-6H3;1H4/t11-;;/m0../s1. The van der Waals surface area contributed by atoms with Gasteiger partial charge >= 0.3 is 0 Å². The predicted octanol–water partition coefficient (Wildman–Crippen LogP) is 8.58. The van der Waals surface area contributed by atoms with Gasteiger partial charge in [0.05, 0.1) is 12.7 Å². The van der Waals surface area contributed by atoms with Gasteiger partial charge < -0.3 is 13.6 Å². The Hall–Kier alpha value is 0.0538. The van der Waals surface area contributed by atoms with E-state index in [1.807, 2.05) is 6.08 Å². The van der Waals surface area contributed by atoms with Crippen molar-refractivity contribution in [1.29, 1.82) is 0 Å². The predicted molar refractivity (Wildman–Crippen MR) is 141 cm³/mol. The van der Waals surface area contributed by atoms with Crippen LogP contribution in [0.4, 0.5) is 0 Å². The minimum absolute atomic E-state index is 0. The maximum absolute atomic E-state index is 6.09. The Morgan fingerprint density at radius 1 is 0.833 bits per heavy atom. The SMILES string of the molecule is C.C=CCCCCO[Si](C)(C)C(C)(C)C.CC(C)(C)[Si](C)(C)OCCCC[C@H]1CO1. The third-order valence-electron chi connectivity index (χ3n) is 6.66. The fourth-order valence-electron chi connectivity index (χ4n) is 2.19. The molecule has 1 rings (SSSR count). The monoisotopic (exact) mass is 460 g/mol. The summed E-state index contributed by atoms with van der Waals surface area (Å²) in [5.41, 5.74) is 0. The summed E-state index contributed by atoms with van der Waals surface area (Å²) in [5, 5.41) is 0.679. The average Bonchev–Trinajstić information content (AvgIpc) is 3.37. The molecule has 1 aliphatic rings. The summed E-state index contributed by atoms with van der Waals surface area (Å²) in [6.07, 6.45) is 9.70. The van der Waals surface area contributed by atoms with Crippen molar-refractivity contribution >= 4 is 16.6 Å². The summed E-state index contributed by atoms with van der Waals surface area (Å²) in [6.45, 7) is 29.5. The third kappa shape index (κ3) is 14.2. The summed E-state index contributed by atoms with van der Waals surface area (Å²) >= 11 is 0. The molecule has 0 bridgehead atoms. The molecular weight excluding hydrogens is 404 g/mol. The molecule has 0 radical (unpaired) electrons. The number of allylic oxidation sites excluding steroid dienone is 1. The van der Waals surface area contributed by atoms with Crippen molar-refractivity contribution < 1.29 is 13.6 Å². The van der Waals surface area contributed by atoms with Crippen molar-refractivity contribution in [3.8, 4) is 0 Å². The molecule has 0 aromatic rings. The highest BCUT2D eigenvalue weighted by atomic mass is 28.4. The number of hydrogen-bond acceptors (Lipinski definition) is 3. The van der Waals surface area contributed by atoms with E-state index in [9.17, 15) is 0 Å². The highest BCUT2D eigenvalue weighted by Gasteiger charge is 2.37. The highest BCUT2D eigenvalue weighted by Crippen LogP contribution is 2.37. The summed E-state index contributed by atoms with van der Waals surface area (Å²) in [6, 6.07) is 0. The van der Waals surface area contributed by atoms with E-state index < -0.39 is 16.6 Å². The Balaban J connectivity index is 0. The zero-order valence-electron chi connectivity index (χ0n) is 21.5. The zero-order chi connectivity index (χ0) is 22.8. The van der Waals surface area contributed by atoms with Gasteiger partial charge in [-0.1, -0.05) is 55.0 Å². The second-order valence-electron chi connectivity index (χ2n) is 11.5. The van der Waals surface area contributed by atoms with Crippen molar-refractivity contribution in [3.05, 3.63) is 12.7 Å². The van der Waals surface area contributed by atoms with Crippen molar-refractivity contribution in [2.75, 3.05) is 19.8 Å². The number of unbranched alkanes of at least 4 members (excludes halogenated alkanes) is 3. The molecule has 1 atom stereocenters. The second kappa shape index (κ2) is 14.3. The van der Waals surface area contributed by atoms with Gasteiger partial charge in [-0.15, -0.1) is 6.58 Å². The molecule has 1 saturated heterocycles. The average molecular weight is 461 g/mol. The Kier molecular flexibility index (Phi) is 15.3. The van der Waals surface area contributed by atoms with Crippen LogP contribution >= 0.6 is 0 Å². The van der Waals surface area contributed by atoms with Crippen LogP contribution in [0.5, 0.6) is 0 Å². The highest BCUT2D eigenvalue weighted by molar-refractivity contribution is 6.74. The Labute approximate surface area is 192 Å². The first-order valence-corrected chi connectivity index (χ1v) is 17.5. The molecule has 1 aliphatic heterocycles. The lowest BCUT2D eigenvalue weighted by molar-refractivity contribution is 0.274. The molecule has 3 nitrogen and oxygen atoms in total. The van der Waals surface area contributed by atoms with E-state index in [0.29, 0.717) is 16.2 Å². The largest absolute Gasteiger partial charge is 0.417 e. The quantitative estimate of drug-likeness (QED) is 0.126. The van der Waals surface area contributed by atoms with Gasteiger partial charge in [0.15, 0.2) is 16.6 Å². The van der Waals surface area contributed by atoms with E-state index in [1.54, 1.807) is 0 Å². The molecule has 1 heterocycles. The van der Waals surface area contributed by atoms with E-state index in [2.05, 4.69) is 74.3 Å². The topological polar surface area (TPSA) is 31.0 Å². The smallest absolute Gasteiger partial charge is 0.191 e. The van der Waals surface area contributed by atoms with Gasteiger partial charge in [0.25, 0.3) is 0 Å². The molecule has 182 valence electrons. The van der Waals surface area contributed by atoms with Gasteiger partial charge in [0, 0.05) is 13.2 Å². The van der Waals surface area contributed by atoms with Crippen LogP contribution in [0, 0.1) is 0 Å².